The fourth-order valence-corrected chi connectivity index (χ4v) is 4.40. The summed E-state index contributed by atoms with van der Waals surface area (Å²) in [6.45, 7) is 2.35. The summed E-state index contributed by atoms with van der Waals surface area (Å²) in [6, 6.07) is 18.5. The van der Waals surface area contributed by atoms with Gasteiger partial charge in [-0.15, -0.1) is 0 Å². The van der Waals surface area contributed by atoms with Gasteiger partial charge in [-0.05, 0) is 66.4 Å². The summed E-state index contributed by atoms with van der Waals surface area (Å²) in [7, 11) is 1.60. The number of nitrogens with zero attached hydrogens (tertiary/aromatic N) is 3. The van der Waals surface area contributed by atoms with Gasteiger partial charge in [-0.3, -0.25) is 19.4 Å². The largest absolute Gasteiger partial charge is 0.497 e. The first kappa shape index (κ1) is 24.9. The van der Waals surface area contributed by atoms with Crippen molar-refractivity contribution >= 4 is 22.6 Å². The number of halogens is 1. The molecule has 5 rings (SSSR count). The summed E-state index contributed by atoms with van der Waals surface area (Å²) in [5.74, 6) is -0.131. The molecule has 1 amide bonds. The van der Waals surface area contributed by atoms with Crippen LogP contribution in [0.15, 0.2) is 77.7 Å². The lowest BCUT2D eigenvalue weighted by Crippen LogP contribution is -2.35. The molecule has 0 bridgehead atoms. The molecule has 3 aromatic heterocycles. The molecule has 192 valence electrons. The lowest BCUT2D eigenvalue weighted by atomic mass is 10.1. The third kappa shape index (κ3) is 4.78. The van der Waals surface area contributed by atoms with Crippen molar-refractivity contribution in [3.63, 3.8) is 0 Å². The van der Waals surface area contributed by atoms with Gasteiger partial charge in [-0.1, -0.05) is 30.3 Å². The molecular formula is C29H26FN5O3. The number of aromatic nitrogens is 3. The fraction of sp³-hybridized carbons (Fsp3) is 0.172. The minimum absolute atomic E-state index is 0.0487. The average Bonchev–Trinajstić information content (AvgIpc) is 2.93. The SMILES string of the molecule is COc1ccc(CCn2c(=N)c(C(=O)NCc3ccc(F)cc3)cc3c(=O)n4cccc(C)c4nc32)cc1. The van der Waals surface area contributed by atoms with Gasteiger partial charge in [0, 0.05) is 19.3 Å². The van der Waals surface area contributed by atoms with E-state index in [0.29, 0.717) is 29.8 Å². The van der Waals surface area contributed by atoms with Crippen LogP contribution in [0.2, 0.25) is 0 Å². The molecular weight excluding hydrogens is 485 g/mol. The molecule has 0 saturated heterocycles. The zero-order valence-electron chi connectivity index (χ0n) is 21.0. The smallest absolute Gasteiger partial charge is 0.267 e. The predicted molar refractivity (Wildman–Crippen MR) is 142 cm³/mol. The first-order chi connectivity index (χ1) is 18.4. The molecule has 0 radical (unpaired) electrons. The molecule has 5 aromatic rings. The number of fused-ring (bicyclic) bond motifs is 2. The van der Waals surface area contributed by atoms with Crippen LogP contribution in [-0.4, -0.2) is 27.0 Å². The van der Waals surface area contributed by atoms with Gasteiger partial charge in [0.2, 0.25) is 0 Å². The maximum absolute atomic E-state index is 13.5. The summed E-state index contributed by atoms with van der Waals surface area (Å²) in [4.78, 5) is 31.5. The zero-order chi connectivity index (χ0) is 26.8. The fourth-order valence-electron chi connectivity index (χ4n) is 4.40. The van der Waals surface area contributed by atoms with Crippen LogP contribution in [0.25, 0.3) is 16.7 Å². The molecule has 0 fully saturated rings. The van der Waals surface area contributed by atoms with E-state index in [1.807, 2.05) is 37.3 Å². The van der Waals surface area contributed by atoms with E-state index in [-0.39, 0.29) is 34.4 Å². The number of hydrogen-bond donors (Lipinski definition) is 2. The number of amides is 1. The van der Waals surface area contributed by atoms with Crippen molar-refractivity contribution in [3.8, 4) is 5.75 Å². The number of carbonyl (C=O) groups is 1. The molecule has 3 heterocycles. The number of ether oxygens (including phenoxy) is 1. The molecule has 0 spiro atoms. The third-order valence-corrected chi connectivity index (χ3v) is 6.53. The molecule has 2 aromatic carbocycles. The molecule has 8 nitrogen and oxygen atoms in total. The summed E-state index contributed by atoms with van der Waals surface area (Å²) in [6.07, 6.45) is 2.19. The normalized spacial score (nSPS) is 11.1. The van der Waals surface area contributed by atoms with Gasteiger partial charge in [-0.25, -0.2) is 9.37 Å². The summed E-state index contributed by atoms with van der Waals surface area (Å²) in [5, 5.41) is 11.9. The Balaban J connectivity index is 1.59. The van der Waals surface area contributed by atoms with E-state index in [4.69, 9.17) is 15.1 Å². The highest BCUT2D eigenvalue weighted by Gasteiger charge is 2.18. The van der Waals surface area contributed by atoms with E-state index in [1.165, 1.54) is 22.6 Å². The second kappa shape index (κ2) is 10.3. The van der Waals surface area contributed by atoms with E-state index in [9.17, 15) is 14.0 Å². The number of rotatable bonds is 7. The second-order valence-corrected chi connectivity index (χ2v) is 9.00. The number of nitrogens with one attached hydrogen (secondary N) is 2. The Kier molecular flexibility index (Phi) is 6.74. The van der Waals surface area contributed by atoms with Crippen molar-refractivity contribution in [1.29, 1.82) is 5.41 Å². The monoisotopic (exact) mass is 511 g/mol. The van der Waals surface area contributed by atoms with Crippen molar-refractivity contribution < 1.29 is 13.9 Å². The topological polar surface area (TPSA) is 101 Å². The van der Waals surface area contributed by atoms with Crippen LogP contribution in [0.5, 0.6) is 5.75 Å². The van der Waals surface area contributed by atoms with Gasteiger partial charge in [0.25, 0.3) is 11.5 Å². The number of aryl methyl sites for hydroxylation is 3. The lowest BCUT2D eigenvalue weighted by molar-refractivity contribution is 0.0948. The van der Waals surface area contributed by atoms with E-state index in [1.54, 1.807) is 36.1 Å². The van der Waals surface area contributed by atoms with Crippen LogP contribution in [0.3, 0.4) is 0 Å². The van der Waals surface area contributed by atoms with Crippen molar-refractivity contribution in [2.75, 3.05) is 7.11 Å². The van der Waals surface area contributed by atoms with Crippen LogP contribution in [0, 0.1) is 18.2 Å². The zero-order valence-corrected chi connectivity index (χ0v) is 21.0. The predicted octanol–water partition coefficient (Wildman–Crippen LogP) is 3.76. The van der Waals surface area contributed by atoms with Gasteiger partial charge < -0.3 is 14.6 Å². The van der Waals surface area contributed by atoms with Crippen LogP contribution >= 0.6 is 0 Å². The highest BCUT2D eigenvalue weighted by atomic mass is 19.1. The molecule has 0 atom stereocenters. The minimum Gasteiger partial charge on any atom is -0.497 e. The average molecular weight is 512 g/mol. The van der Waals surface area contributed by atoms with Crippen LogP contribution in [0.4, 0.5) is 4.39 Å². The van der Waals surface area contributed by atoms with Crippen LogP contribution in [-0.2, 0) is 19.5 Å². The molecule has 9 heteroatoms. The third-order valence-electron chi connectivity index (χ3n) is 6.53. The Labute approximate surface area is 217 Å². The quantitative estimate of drug-likeness (QED) is 0.325. The molecule has 0 aliphatic rings. The number of benzene rings is 2. The number of methoxy groups -OCH3 is 1. The van der Waals surface area contributed by atoms with Gasteiger partial charge in [0.1, 0.15) is 28.3 Å². The Bertz CT molecular complexity index is 1770. The lowest BCUT2D eigenvalue weighted by Gasteiger charge is -2.15. The van der Waals surface area contributed by atoms with E-state index < -0.39 is 5.91 Å². The maximum Gasteiger partial charge on any atom is 0.267 e. The minimum atomic E-state index is -0.506. The van der Waals surface area contributed by atoms with E-state index in [0.717, 1.165) is 16.9 Å². The maximum atomic E-state index is 13.5. The van der Waals surface area contributed by atoms with Gasteiger partial charge >= 0.3 is 0 Å². The first-order valence-electron chi connectivity index (χ1n) is 12.1. The number of hydrogen-bond acceptors (Lipinski definition) is 5. The van der Waals surface area contributed by atoms with Crippen molar-refractivity contribution in [2.45, 2.75) is 26.4 Å². The number of carbonyl (C=O) groups excluding carboxylic acids is 1. The Morgan fingerprint density at radius 3 is 2.47 bits per heavy atom. The second-order valence-electron chi connectivity index (χ2n) is 9.00. The molecule has 38 heavy (non-hydrogen) atoms. The van der Waals surface area contributed by atoms with Gasteiger partial charge in [-0.2, -0.15) is 0 Å². The molecule has 0 saturated carbocycles. The summed E-state index contributed by atoms with van der Waals surface area (Å²) in [5.41, 5.74) is 3.07. The first-order valence-corrected chi connectivity index (χ1v) is 12.1. The van der Waals surface area contributed by atoms with Crippen molar-refractivity contribution in [1.82, 2.24) is 19.3 Å². The molecule has 0 aliphatic carbocycles. The summed E-state index contributed by atoms with van der Waals surface area (Å²) < 4.78 is 21.5. The van der Waals surface area contributed by atoms with Crippen molar-refractivity contribution in [3.05, 3.63) is 117 Å². The number of pyridine rings is 2. The van der Waals surface area contributed by atoms with Gasteiger partial charge in [0.15, 0.2) is 0 Å². The molecule has 0 aliphatic heterocycles. The van der Waals surface area contributed by atoms with E-state index >= 15 is 0 Å². The van der Waals surface area contributed by atoms with E-state index in [2.05, 4.69) is 5.32 Å². The Hall–Kier alpha value is -4.79. The highest BCUT2D eigenvalue weighted by Crippen LogP contribution is 2.16. The Morgan fingerprint density at radius 1 is 1.05 bits per heavy atom. The van der Waals surface area contributed by atoms with Crippen LogP contribution in [0.1, 0.15) is 27.0 Å². The molecule has 0 unspecified atom stereocenters. The standard InChI is InChI=1S/C29H26FN5O3/c1-18-4-3-14-35-26(18)33-27-24(29(35)37)16-23(28(36)32-17-20-5-9-21(30)10-6-20)25(31)34(27)15-13-19-7-11-22(38-2)12-8-19/h3-12,14,16,31H,13,15,17H2,1-2H3,(H,32,36). The highest BCUT2D eigenvalue weighted by molar-refractivity contribution is 5.96. The van der Waals surface area contributed by atoms with Crippen LogP contribution < -0.4 is 21.1 Å². The van der Waals surface area contributed by atoms with Gasteiger partial charge in [0.05, 0.1) is 18.1 Å². The summed E-state index contributed by atoms with van der Waals surface area (Å²) >= 11 is 0. The Morgan fingerprint density at radius 2 is 1.76 bits per heavy atom. The molecule has 2 N–H and O–H groups in total. The van der Waals surface area contributed by atoms with Crippen molar-refractivity contribution in [2.24, 2.45) is 0 Å².